The van der Waals surface area contributed by atoms with E-state index in [4.69, 9.17) is 10.8 Å². The first kappa shape index (κ1) is 35.0. The molecule has 0 radical (unpaired) electrons. The number of aliphatic hydroxyl groups excluding tert-OH is 2. The average molecular weight is 595 g/mol. The first-order chi connectivity index (χ1) is 18.7. The first-order valence-electron chi connectivity index (χ1n) is 12.1. The zero-order chi connectivity index (χ0) is 30.0. The van der Waals surface area contributed by atoms with Gasteiger partial charge in [-0.3, -0.25) is 4.79 Å². The Kier molecular flexibility index (Phi) is 13.4. The van der Waals surface area contributed by atoms with Crippen LogP contribution in [0.5, 0.6) is 0 Å². The van der Waals surface area contributed by atoms with Gasteiger partial charge in [-0.1, -0.05) is 26.0 Å². The Morgan fingerprint density at radius 1 is 1.12 bits per heavy atom. The van der Waals surface area contributed by atoms with Gasteiger partial charge in [0.2, 0.25) is 21.9 Å². The van der Waals surface area contributed by atoms with Crippen LogP contribution in [0.25, 0.3) is 17.3 Å². The van der Waals surface area contributed by atoms with Crippen molar-refractivity contribution in [3.8, 4) is 11.3 Å². The Balaban J connectivity index is 0.000000913. The van der Waals surface area contributed by atoms with Gasteiger partial charge in [-0.15, -0.1) is 0 Å². The number of nitrogen functional groups attached to an aromatic ring is 1. The zero-order valence-electron chi connectivity index (χ0n) is 23.0. The third-order valence-corrected chi connectivity index (χ3v) is 6.56. The van der Waals surface area contributed by atoms with E-state index in [1.54, 1.807) is 18.5 Å². The summed E-state index contributed by atoms with van der Waals surface area (Å²) in [5.74, 6) is -1.55. The highest BCUT2D eigenvalue weighted by molar-refractivity contribution is 7.92. The number of aromatic nitrogens is 4. The number of carboxylic acids is 1. The second-order valence-electron chi connectivity index (χ2n) is 9.08. The molecular formula is C26H35FN6O7S. The van der Waals surface area contributed by atoms with Crippen LogP contribution < -0.4 is 10.0 Å². The molecule has 224 valence electrons. The molecule has 0 spiro atoms. The topological polar surface area (TPSA) is 224 Å². The van der Waals surface area contributed by atoms with Crippen molar-refractivity contribution in [1.82, 2.24) is 19.9 Å². The summed E-state index contributed by atoms with van der Waals surface area (Å²) in [6.07, 6.45) is 4.06. The molecule has 2 heterocycles. The van der Waals surface area contributed by atoms with Gasteiger partial charge in [-0.25, -0.2) is 37.0 Å². The number of aliphatic hydroxyl groups is 2. The molecule has 13 nitrogen and oxygen atoms in total. The van der Waals surface area contributed by atoms with Crippen molar-refractivity contribution in [3.05, 3.63) is 65.9 Å². The Labute approximate surface area is 237 Å². The summed E-state index contributed by atoms with van der Waals surface area (Å²) in [6, 6.07) is 7.21. The summed E-state index contributed by atoms with van der Waals surface area (Å²) in [6.45, 7) is 3.71. The van der Waals surface area contributed by atoms with Crippen LogP contribution in [0.15, 0.2) is 48.8 Å². The molecule has 1 aromatic carbocycles. The first-order valence-corrected chi connectivity index (χ1v) is 13.9. The van der Waals surface area contributed by atoms with Gasteiger partial charge >= 0.3 is 5.97 Å². The lowest BCUT2D eigenvalue weighted by Crippen LogP contribution is -2.27. The van der Waals surface area contributed by atoms with Crippen molar-refractivity contribution >= 4 is 34.0 Å². The van der Waals surface area contributed by atoms with Gasteiger partial charge in [0.15, 0.2) is 0 Å². The Morgan fingerprint density at radius 2 is 1.71 bits per heavy atom. The number of carboxylic acid groups (broad SMARTS) is 1. The second kappa shape index (κ2) is 15.7. The van der Waals surface area contributed by atoms with Crippen LogP contribution in [-0.2, 0) is 14.8 Å². The minimum atomic E-state index is -3.65. The number of aliphatic carboxylic acids is 1. The maximum absolute atomic E-state index is 13.5. The summed E-state index contributed by atoms with van der Waals surface area (Å²) < 4.78 is 38.6. The molecule has 7 N–H and O–H groups in total. The number of benzene rings is 1. The Morgan fingerprint density at radius 3 is 2.17 bits per heavy atom. The normalized spacial score (nSPS) is 12.7. The van der Waals surface area contributed by atoms with Gasteiger partial charge < -0.3 is 26.5 Å². The van der Waals surface area contributed by atoms with Gasteiger partial charge in [0.05, 0.1) is 36.3 Å². The molecule has 0 aliphatic heterocycles. The molecule has 0 aliphatic carbocycles. The summed E-state index contributed by atoms with van der Waals surface area (Å²) >= 11 is 0. The number of rotatable bonds is 10. The zero-order valence-corrected chi connectivity index (χ0v) is 23.8. The minimum absolute atomic E-state index is 0. The summed E-state index contributed by atoms with van der Waals surface area (Å²) in [4.78, 5) is 26.9. The summed E-state index contributed by atoms with van der Waals surface area (Å²) in [5.41, 5.74) is 6.94. The minimum Gasteiger partial charge on any atom is -0.481 e. The van der Waals surface area contributed by atoms with Crippen molar-refractivity contribution in [2.45, 2.75) is 44.8 Å². The Bertz CT molecular complexity index is 1410. The quantitative estimate of drug-likeness (QED) is 0.264. The average Bonchev–Trinajstić information content (AvgIpc) is 2.86. The molecular weight excluding hydrogens is 559 g/mol. The van der Waals surface area contributed by atoms with Gasteiger partial charge in [-0.05, 0) is 36.2 Å². The fourth-order valence-electron chi connectivity index (χ4n) is 3.36. The summed E-state index contributed by atoms with van der Waals surface area (Å²) in [5, 5.41) is 28.8. The number of anilines is 2. The van der Waals surface area contributed by atoms with Crippen LogP contribution in [-0.4, -0.2) is 80.6 Å². The molecule has 3 aromatic rings. The van der Waals surface area contributed by atoms with E-state index in [1.807, 2.05) is 13.8 Å². The molecule has 0 amide bonds. The molecule has 3 rings (SSSR count). The van der Waals surface area contributed by atoms with E-state index in [9.17, 15) is 27.8 Å². The van der Waals surface area contributed by atoms with Crippen molar-refractivity contribution in [1.29, 1.82) is 0 Å². The van der Waals surface area contributed by atoms with Gasteiger partial charge in [-0.2, -0.15) is 0 Å². The number of sulfonamides is 1. The van der Waals surface area contributed by atoms with Gasteiger partial charge in [0, 0.05) is 37.0 Å². The Hall–Kier alpha value is -4.05. The third kappa shape index (κ3) is 11.2. The second-order valence-corrected chi connectivity index (χ2v) is 11.1. The monoisotopic (exact) mass is 594 g/mol. The maximum Gasteiger partial charge on any atom is 0.305 e. The molecule has 0 fully saturated rings. The summed E-state index contributed by atoms with van der Waals surface area (Å²) in [7, 11) is -2.33. The number of nitrogens with two attached hydrogens (primary N) is 1. The highest BCUT2D eigenvalue weighted by Crippen LogP contribution is 2.31. The molecule has 0 aliphatic rings. The van der Waals surface area contributed by atoms with Crippen LogP contribution >= 0.6 is 0 Å². The smallest absolute Gasteiger partial charge is 0.305 e. The fourth-order valence-corrected chi connectivity index (χ4v) is 3.73. The molecule has 41 heavy (non-hydrogen) atoms. The van der Waals surface area contributed by atoms with E-state index in [2.05, 4.69) is 19.9 Å². The van der Waals surface area contributed by atoms with E-state index in [-0.39, 0.29) is 23.8 Å². The van der Waals surface area contributed by atoms with E-state index in [0.717, 1.165) is 10.6 Å². The molecule has 0 unspecified atom stereocenters. The van der Waals surface area contributed by atoms with Crippen molar-refractivity contribution in [3.63, 3.8) is 0 Å². The van der Waals surface area contributed by atoms with Gasteiger partial charge in [0.25, 0.3) is 0 Å². The maximum atomic E-state index is 13.5. The molecule has 2 aromatic heterocycles. The number of hydrogen-bond acceptors (Lipinski definition) is 10. The number of carbonyl (C=O) groups is 1. The van der Waals surface area contributed by atoms with E-state index >= 15 is 0 Å². The fraction of sp³-hybridized carbons (Fsp3) is 0.346. The van der Waals surface area contributed by atoms with Crippen molar-refractivity contribution < 1.29 is 38.4 Å². The van der Waals surface area contributed by atoms with Crippen LogP contribution in [0.1, 0.15) is 43.9 Å². The highest BCUT2D eigenvalue weighted by atomic mass is 32.2. The third-order valence-electron chi connectivity index (χ3n) is 5.40. The lowest BCUT2D eigenvalue weighted by atomic mass is 9.97. The van der Waals surface area contributed by atoms with Crippen molar-refractivity contribution in [2.24, 2.45) is 0 Å². The van der Waals surface area contributed by atoms with Crippen LogP contribution in [0.4, 0.5) is 16.3 Å². The van der Waals surface area contributed by atoms with Crippen molar-refractivity contribution in [2.75, 3.05) is 23.3 Å². The molecule has 2 atom stereocenters. The molecule has 0 saturated carbocycles. The van der Waals surface area contributed by atoms with E-state index in [0.29, 0.717) is 28.5 Å². The van der Waals surface area contributed by atoms with Crippen LogP contribution in [0.3, 0.4) is 0 Å². The number of nitrogens with zero attached hydrogens (tertiary/aromatic N) is 5. The van der Waals surface area contributed by atoms with E-state index < -0.39 is 40.4 Å². The van der Waals surface area contributed by atoms with E-state index in [1.165, 1.54) is 43.5 Å². The van der Waals surface area contributed by atoms with Crippen LogP contribution in [0, 0.1) is 5.82 Å². The predicted molar refractivity (Wildman–Crippen MR) is 153 cm³/mol. The standard InChI is InChI=1S/C22H28FN3O6S.C4H5N3.H2O/c1-13(2)20-18(10-9-16(27)11-17(28)12-19(29)30)21(14-5-7-15(23)8-6-14)25-22(24-20)26(3)33(4,31)32;5-4-6-2-1-3-7-4;/h5-10,13,16-17,27-28H,11-12H2,1-4H3,(H,29,30);1-3H,(H2,5,6,7);1H2/b10-9+;;/t16-,17-;;/m1../s1. The highest BCUT2D eigenvalue weighted by Gasteiger charge is 2.22. The predicted octanol–water partition coefficient (Wildman–Crippen LogP) is 1.64. The largest absolute Gasteiger partial charge is 0.481 e. The van der Waals surface area contributed by atoms with Crippen LogP contribution in [0.2, 0.25) is 0 Å². The SMILES string of the molecule is CC(C)c1nc(N(C)S(C)(=O)=O)nc(-c2ccc(F)cc2)c1/C=C/[C@@H](O)C[C@@H](O)CC(=O)O.Nc1ncccn1.O. The molecule has 15 heteroatoms. The molecule has 0 bridgehead atoms. The lowest BCUT2D eigenvalue weighted by Gasteiger charge is -2.20. The number of hydrogen-bond donors (Lipinski definition) is 4. The number of halogens is 1. The lowest BCUT2D eigenvalue weighted by molar-refractivity contribution is -0.139. The van der Waals surface area contributed by atoms with Gasteiger partial charge in [0.1, 0.15) is 5.82 Å². The molecule has 0 saturated heterocycles.